The van der Waals surface area contributed by atoms with Gasteiger partial charge in [-0.05, 0) is 64.1 Å². The van der Waals surface area contributed by atoms with Crippen LogP contribution in [-0.2, 0) is 9.53 Å². The Hall–Kier alpha value is -3.87. The number of aromatic nitrogens is 1. The molecular formula is C26H27NO6. The van der Waals surface area contributed by atoms with Crippen LogP contribution >= 0.6 is 0 Å². The van der Waals surface area contributed by atoms with Crippen molar-refractivity contribution in [3.8, 4) is 17.2 Å². The summed E-state index contributed by atoms with van der Waals surface area (Å²) in [6.07, 6.45) is 0. The molecule has 0 atom stereocenters. The van der Waals surface area contributed by atoms with Gasteiger partial charge in [-0.3, -0.25) is 9.59 Å². The zero-order valence-corrected chi connectivity index (χ0v) is 19.4. The molecule has 3 aromatic rings. The van der Waals surface area contributed by atoms with Gasteiger partial charge in [0.2, 0.25) is 5.78 Å². The van der Waals surface area contributed by atoms with Crippen molar-refractivity contribution in [2.45, 2.75) is 27.7 Å². The molecule has 7 nitrogen and oxygen atoms in total. The first-order chi connectivity index (χ1) is 15.7. The number of rotatable bonds is 9. The predicted octanol–water partition coefficient (Wildman–Crippen LogP) is 4.42. The smallest absolute Gasteiger partial charge is 0.344 e. The highest BCUT2D eigenvalue weighted by molar-refractivity contribution is 5.99. The molecular weight excluding hydrogens is 422 g/mol. The summed E-state index contributed by atoms with van der Waals surface area (Å²) in [6, 6.07) is 14.5. The molecule has 0 unspecified atom stereocenters. The number of ether oxygens (including phenoxy) is 3. The van der Waals surface area contributed by atoms with E-state index >= 15 is 0 Å². The molecule has 0 aliphatic carbocycles. The van der Waals surface area contributed by atoms with Gasteiger partial charge < -0.3 is 18.8 Å². The minimum atomic E-state index is -0.687. The molecule has 33 heavy (non-hydrogen) atoms. The maximum Gasteiger partial charge on any atom is 0.344 e. The molecule has 7 heteroatoms. The summed E-state index contributed by atoms with van der Waals surface area (Å²) >= 11 is 0. The van der Waals surface area contributed by atoms with Gasteiger partial charge in [0.05, 0.1) is 7.11 Å². The standard InChI is InChI=1S/C26H27NO6/c1-16-6-9-21(10-7-16)27-17(2)12-22(18(27)3)23(29)14-33-26(30)15-32-24-11-8-20(19(4)28)13-25(24)31-5/h6-13H,14-15H2,1-5H3. The average Bonchev–Trinajstić information content (AvgIpc) is 3.10. The number of carbonyl (C=O) groups is 3. The predicted molar refractivity (Wildman–Crippen MR) is 124 cm³/mol. The highest BCUT2D eigenvalue weighted by Crippen LogP contribution is 2.28. The van der Waals surface area contributed by atoms with Crippen LogP contribution in [0.3, 0.4) is 0 Å². The molecule has 0 radical (unpaired) electrons. The number of hydrogen-bond donors (Lipinski definition) is 0. The monoisotopic (exact) mass is 449 g/mol. The van der Waals surface area contributed by atoms with E-state index in [0.29, 0.717) is 22.6 Å². The fourth-order valence-corrected chi connectivity index (χ4v) is 3.54. The molecule has 0 aliphatic heterocycles. The fourth-order valence-electron chi connectivity index (χ4n) is 3.54. The molecule has 0 spiro atoms. The van der Waals surface area contributed by atoms with Gasteiger partial charge in [-0.25, -0.2) is 4.79 Å². The van der Waals surface area contributed by atoms with Gasteiger partial charge in [0, 0.05) is 28.2 Å². The zero-order valence-electron chi connectivity index (χ0n) is 19.4. The zero-order chi connectivity index (χ0) is 24.1. The van der Waals surface area contributed by atoms with Crippen LogP contribution in [-0.4, -0.2) is 42.4 Å². The number of methoxy groups -OCH3 is 1. The Kier molecular flexibility index (Phi) is 7.33. The topological polar surface area (TPSA) is 83.8 Å². The van der Waals surface area contributed by atoms with Crippen LogP contribution in [0.4, 0.5) is 0 Å². The molecule has 3 rings (SSSR count). The maximum atomic E-state index is 12.7. The lowest BCUT2D eigenvalue weighted by molar-refractivity contribution is -0.144. The van der Waals surface area contributed by atoms with E-state index in [-0.39, 0.29) is 18.2 Å². The second-order valence-corrected chi connectivity index (χ2v) is 7.75. The van der Waals surface area contributed by atoms with Crippen molar-refractivity contribution in [3.05, 3.63) is 76.6 Å². The minimum Gasteiger partial charge on any atom is -0.493 e. The van der Waals surface area contributed by atoms with Crippen molar-refractivity contribution < 1.29 is 28.6 Å². The number of esters is 1. The van der Waals surface area contributed by atoms with Crippen LogP contribution in [0.2, 0.25) is 0 Å². The van der Waals surface area contributed by atoms with E-state index in [1.807, 2.05) is 49.6 Å². The number of carbonyl (C=O) groups excluding carboxylic acids is 3. The first kappa shape index (κ1) is 23.8. The number of benzene rings is 2. The Bertz CT molecular complexity index is 1190. The summed E-state index contributed by atoms with van der Waals surface area (Å²) in [5, 5.41) is 0. The van der Waals surface area contributed by atoms with E-state index in [9.17, 15) is 14.4 Å². The van der Waals surface area contributed by atoms with Crippen molar-refractivity contribution in [2.24, 2.45) is 0 Å². The summed E-state index contributed by atoms with van der Waals surface area (Å²) in [5.41, 5.74) is 4.78. The van der Waals surface area contributed by atoms with Crippen molar-refractivity contribution >= 4 is 17.5 Å². The van der Waals surface area contributed by atoms with E-state index in [0.717, 1.165) is 22.6 Å². The normalized spacial score (nSPS) is 10.6. The number of hydrogen-bond acceptors (Lipinski definition) is 6. The van der Waals surface area contributed by atoms with E-state index in [2.05, 4.69) is 0 Å². The summed E-state index contributed by atoms with van der Waals surface area (Å²) in [5.74, 6) is -0.464. The number of aryl methyl sites for hydroxylation is 2. The summed E-state index contributed by atoms with van der Waals surface area (Å²) in [6.45, 7) is 6.47. The van der Waals surface area contributed by atoms with Crippen molar-refractivity contribution in [1.82, 2.24) is 4.57 Å². The molecule has 1 heterocycles. The molecule has 0 fully saturated rings. The molecule has 0 saturated heterocycles. The third-order valence-corrected chi connectivity index (χ3v) is 5.30. The van der Waals surface area contributed by atoms with Gasteiger partial charge >= 0.3 is 5.97 Å². The maximum absolute atomic E-state index is 12.7. The van der Waals surface area contributed by atoms with Crippen molar-refractivity contribution in [1.29, 1.82) is 0 Å². The van der Waals surface area contributed by atoms with Gasteiger partial charge in [0.25, 0.3) is 0 Å². The largest absolute Gasteiger partial charge is 0.493 e. The Morgan fingerprint density at radius 2 is 1.58 bits per heavy atom. The SMILES string of the molecule is COc1cc(C(C)=O)ccc1OCC(=O)OCC(=O)c1cc(C)n(-c2ccc(C)cc2)c1C. The van der Waals surface area contributed by atoms with Crippen LogP contribution < -0.4 is 9.47 Å². The third-order valence-electron chi connectivity index (χ3n) is 5.30. The fraction of sp³-hybridized carbons (Fsp3) is 0.269. The lowest BCUT2D eigenvalue weighted by atomic mass is 10.1. The highest BCUT2D eigenvalue weighted by atomic mass is 16.6. The number of Topliss-reactive ketones (excluding diaryl/α,β-unsaturated/α-hetero) is 2. The van der Waals surface area contributed by atoms with E-state index < -0.39 is 12.6 Å². The summed E-state index contributed by atoms with van der Waals surface area (Å²) < 4.78 is 17.8. The molecule has 0 aliphatic rings. The number of nitrogens with zero attached hydrogens (tertiary/aromatic N) is 1. The second-order valence-electron chi connectivity index (χ2n) is 7.75. The molecule has 0 bridgehead atoms. The second kappa shape index (κ2) is 10.2. The van der Waals surface area contributed by atoms with Crippen molar-refractivity contribution in [3.63, 3.8) is 0 Å². The Balaban J connectivity index is 1.61. The molecule has 2 aromatic carbocycles. The Labute approximate surface area is 192 Å². The lowest BCUT2D eigenvalue weighted by Crippen LogP contribution is -2.20. The first-order valence-corrected chi connectivity index (χ1v) is 10.5. The van der Waals surface area contributed by atoms with Crippen LogP contribution in [0.15, 0.2) is 48.5 Å². The molecule has 0 amide bonds. The van der Waals surface area contributed by atoms with E-state index in [1.54, 1.807) is 18.2 Å². The minimum absolute atomic E-state index is 0.112. The Morgan fingerprint density at radius 1 is 0.879 bits per heavy atom. The molecule has 1 aromatic heterocycles. The lowest BCUT2D eigenvalue weighted by Gasteiger charge is -2.11. The molecule has 172 valence electrons. The Morgan fingerprint density at radius 3 is 2.21 bits per heavy atom. The van der Waals surface area contributed by atoms with Crippen LogP contribution in [0, 0.1) is 20.8 Å². The van der Waals surface area contributed by atoms with Gasteiger partial charge in [0.15, 0.2) is 30.5 Å². The van der Waals surface area contributed by atoms with Gasteiger partial charge in [-0.2, -0.15) is 0 Å². The number of ketones is 2. The third kappa shape index (κ3) is 5.49. The van der Waals surface area contributed by atoms with Crippen LogP contribution in [0.25, 0.3) is 5.69 Å². The van der Waals surface area contributed by atoms with E-state index in [4.69, 9.17) is 14.2 Å². The quantitative estimate of drug-likeness (QED) is 0.355. The average molecular weight is 450 g/mol. The van der Waals surface area contributed by atoms with Gasteiger partial charge in [0.1, 0.15) is 0 Å². The van der Waals surface area contributed by atoms with Gasteiger partial charge in [-0.1, -0.05) is 17.7 Å². The summed E-state index contributed by atoms with van der Waals surface area (Å²) in [4.78, 5) is 36.3. The van der Waals surface area contributed by atoms with Crippen LogP contribution in [0.5, 0.6) is 11.5 Å². The molecule has 0 N–H and O–H groups in total. The summed E-state index contributed by atoms with van der Waals surface area (Å²) in [7, 11) is 1.44. The van der Waals surface area contributed by atoms with Crippen molar-refractivity contribution in [2.75, 3.05) is 20.3 Å². The van der Waals surface area contributed by atoms with E-state index in [1.165, 1.54) is 20.1 Å². The van der Waals surface area contributed by atoms with Gasteiger partial charge in [-0.15, -0.1) is 0 Å². The van der Waals surface area contributed by atoms with Crippen LogP contribution in [0.1, 0.15) is 44.6 Å². The highest BCUT2D eigenvalue weighted by Gasteiger charge is 2.19. The molecule has 0 saturated carbocycles. The first-order valence-electron chi connectivity index (χ1n) is 10.5.